The van der Waals surface area contributed by atoms with Gasteiger partial charge in [-0.3, -0.25) is 0 Å². The molecule has 0 aliphatic rings. The maximum atomic E-state index is 15.1. The summed E-state index contributed by atoms with van der Waals surface area (Å²) in [6, 6.07) is 47.9. The summed E-state index contributed by atoms with van der Waals surface area (Å²) < 4.78 is 49.5. The summed E-state index contributed by atoms with van der Waals surface area (Å²) in [5.41, 5.74) is 7.31. The Kier molecular flexibility index (Phi) is 6.37. The Balaban J connectivity index is 1.44. The van der Waals surface area contributed by atoms with Crippen LogP contribution in [0.1, 0.15) is 0 Å². The quantitative estimate of drug-likeness (QED) is 0.185. The van der Waals surface area contributed by atoms with Gasteiger partial charge in [-0.1, -0.05) is 54.6 Å². The molecule has 3 nitrogen and oxygen atoms in total. The molecule has 0 saturated carbocycles. The van der Waals surface area contributed by atoms with E-state index in [2.05, 4.69) is 9.13 Å². The molecule has 2 heterocycles. The first-order valence-corrected chi connectivity index (χ1v) is 15.7. The molecule has 0 fully saturated rings. The Bertz CT molecular complexity index is 2490. The predicted molar refractivity (Wildman–Crippen MR) is 190 cm³/mol. The first-order chi connectivity index (χ1) is 23.6. The summed E-state index contributed by atoms with van der Waals surface area (Å²) in [5.74, 6) is -1.11. The van der Waals surface area contributed by atoms with Gasteiger partial charge in [0.15, 0.2) is 0 Å². The molecule has 0 saturated heterocycles. The first kappa shape index (κ1) is 28.0. The van der Waals surface area contributed by atoms with Crippen LogP contribution in [-0.4, -0.2) is 9.13 Å². The van der Waals surface area contributed by atoms with Crippen LogP contribution in [0.25, 0.3) is 55.0 Å². The van der Waals surface area contributed by atoms with E-state index in [1.807, 2.05) is 108 Å². The number of anilines is 3. The second-order valence-corrected chi connectivity index (χ2v) is 11.8. The first-order valence-electron chi connectivity index (χ1n) is 15.7. The van der Waals surface area contributed by atoms with Crippen molar-refractivity contribution in [2.75, 3.05) is 4.90 Å². The van der Waals surface area contributed by atoms with E-state index in [1.165, 1.54) is 24.3 Å². The van der Waals surface area contributed by atoms with Crippen molar-refractivity contribution in [3.05, 3.63) is 175 Å². The summed E-state index contributed by atoms with van der Waals surface area (Å²) in [7, 11) is 0. The molecule has 6 heteroatoms. The SMILES string of the molecule is Fc1cccc(N(c2cccc3c2c2cc(F)ccc2n3-c2ccccc2)c2cccc3c2c2cc(F)ccc2n3-c2ccccc2)c1. The standard InChI is InChI=1S/C42H26F3N3/c43-27-10-7-15-32(24-27)48(39-18-8-16-37-41(39)33-25-28(44)20-22-35(33)46(37)30-11-3-1-4-12-30)40-19-9-17-38-42(40)34-26-29(45)21-23-36(34)47(38)31-13-5-2-6-14-31/h1-26H. The van der Waals surface area contributed by atoms with Gasteiger partial charge >= 0.3 is 0 Å². The number of aromatic nitrogens is 2. The Morgan fingerprint density at radius 1 is 0.375 bits per heavy atom. The van der Waals surface area contributed by atoms with E-state index in [4.69, 9.17) is 0 Å². The van der Waals surface area contributed by atoms with Gasteiger partial charge in [-0.2, -0.15) is 0 Å². The number of benzene rings is 7. The fourth-order valence-corrected chi connectivity index (χ4v) is 7.15. The minimum atomic E-state index is -0.396. The van der Waals surface area contributed by atoms with Crippen molar-refractivity contribution < 1.29 is 13.2 Å². The average Bonchev–Trinajstić information content (AvgIpc) is 3.62. The van der Waals surface area contributed by atoms with Gasteiger partial charge in [0.05, 0.1) is 33.4 Å². The molecule has 0 bridgehead atoms. The Morgan fingerprint density at radius 2 is 0.833 bits per heavy atom. The lowest BCUT2D eigenvalue weighted by atomic mass is 10.0. The molecule has 0 N–H and O–H groups in total. The Labute approximate surface area is 273 Å². The number of nitrogens with zero attached hydrogens (tertiary/aromatic N) is 3. The summed E-state index contributed by atoms with van der Waals surface area (Å²) >= 11 is 0. The summed E-state index contributed by atoms with van der Waals surface area (Å²) in [6.07, 6.45) is 0. The fourth-order valence-electron chi connectivity index (χ4n) is 7.15. The number of fused-ring (bicyclic) bond motifs is 6. The van der Waals surface area contributed by atoms with Gasteiger partial charge in [-0.05, 0) is 103 Å². The molecule has 0 amide bonds. The molecule has 0 spiro atoms. The molecule has 7 aromatic carbocycles. The smallest absolute Gasteiger partial charge is 0.125 e. The van der Waals surface area contributed by atoms with Crippen molar-refractivity contribution in [3.63, 3.8) is 0 Å². The number of halogens is 3. The molecule has 0 radical (unpaired) electrons. The van der Waals surface area contributed by atoms with Gasteiger partial charge in [-0.15, -0.1) is 0 Å². The molecule has 230 valence electrons. The van der Waals surface area contributed by atoms with Crippen molar-refractivity contribution in [1.29, 1.82) is 0 Å². The zero-order chi connectivity index (χ0) is 32.4. The molecular weight excluding hydrogens is 603 g/mol. The second-order valence-electron chi connectivity index (χ2n) is 11.8. The molecule has 0 atom stereocenters. The van der Waals surface area contributed by atoms with E-state index < -0.39 is 5.82 Å². The normalized spacial score (nSPS) is 11.6. The third-order valence-corrected chi connectivity index (χ3v) is 9.04. The van der Waals surface area contributed by atoms with Crippen LogP contribution in [0, 0.1) is 17.5 Å². The van der Waals surface area contributed by atoms with Crippen LogP contribution in [0.3, 0.4) is 0 Å². The van der Waals surface area contributed by atoms with Crippen molar-refractivity contribution in [3.8, 4) is 11.4 Å². The lowest BCUT2D eigenvalue weighted by molar-refractivity contribution is 0.628. The average molecular weight is 630 g/mol. The molecule has 9 aromatic rings. The number of rotatable bonds is 5. The van der Waals surface area contributed by atoms with Gasteiger partial charge in [-0.25, -0.2) is 13.2 Å². The van der Waals surface area contributed by atoms with Crippen molar-refractivity contribution >= 4 is 60.7 Å². The molecule has 0 unspecified atom stereocenters. The monoisotopic (exact) mass is 629 g/mol. The minimum absolute atomic E-state index is 0.356. The maximum absolute atomic E-state index is 15.1. The third kappa shape index (κ3) is 4.30. The molecule has 0 aliphatic carbocycles. The zero-order valence-corrected chi connectivity index (χ0v) is 25.5. The second kappa shape index (κ2) is 10.9. The molecular formula is C42H26F3N3. The van der Waals surface area contributed by atoms with Crippen molar-refractivity contribution in [1.82, 2.24) is 9.13 Å². The molecule has 2 aromatic heterocycles. The highest BCUT2D eigenvalue weighted by atomic mass is 19.1. The lowest BCUT2D eigenvalue weighted by Crippen LogP contribution is -2.11. The van der Waals surface area contributed by atoms with Crippen LogP contribution in [0.15, 0.2) is 158 Å². The summed E-state index contributed by atoms with van der Waals surface area (Å²) in [5, 5.41) is 3.04. The van der Waals surface area contributed by atoms with Gasteiger partial charge in [0.2, 0.25) is 0 Å². The number of hydrogen-bond donors (Lipinski definition) is 0. The largest absolute Gasteiger partial charge is 0.309 e. The van der Waals surface area contributed by atoms with Crippen LogP contribution in [0.2, 0.25) is 0 Å². The zero-order valence-electron chi connectivity index (χ0n) is 25.5. The lowest BCUT2D eigenvalue weighted by Gasteiger charge is -2.27. The van der Waals surface area contributed by atoms with Crippen LogP contribution in [-0.2, 0) is 0 Å². The van der Waals surface area contributed by atoms with Gasteiger partial charge in [0.1, 0.15) is 17.5 Å². The fraction of sp³-hybridized carbons (Fsp3) is 0. The highest BCUT2D eigenvalue weighted by Crippen LogP contribution is 2.48. The summed E-state index contributed by atoms with van der Waals surface area (Å²) in [6.45, 7) is 0. The minimum Gasteiger partial charge on any atom is -0.309 e. The van der Waals surface area contributed by atoms with Crippen LogP contribution in [0.5, 0.6) is 0 Å². The van der Waals surface area contributed by atoms with Gasteiger partial charge < -0.3 is 14.0 Å². The van der Waals surface area contributed by atoms with Crippen molar-refractivity contribution in [2.45, 2.75) is 0 Å². The van der Waals surface area contributed by atoms with Crippen LogP contribution in [0.4, 0.5) is 30.2 Å². The number of hydrogen-bond acceptors (Lipinski definition) is 1. The van der Waals surface area contributed by atoms with Gasteiger partial charge in [0.25, 0.3) is 0 Å². The van der Waals surface area contributed by atoms with E-state index in [0.29, 0.717) is 5.69 Å². The van der Waals surface area contributed by atoms with Gasteiger partial charge in [0, 0.05) is 38.6 Å². The van der Waals surface area contributed by atoms with Crippen LogP contribution < -0.4 is 4.90 Å². The Morgan fingerprint density at radius 3 is 1.31 bits per heavy atom. The Hall–Kier alpha value is -6.27. The third-order valence-electron chi connectivity index (χ3n) is 9.04. The van der Waals surface area contributed by atoms with E-state index in [1.54, 1.807) is 30.3 Å². The summed E-state index contributed by atoms with van der Waals surface area (Å²) in [4.78, 5) is 2.01. The topological polar surface area (TPSA) is 13.1 Å². The van der Waals surface area contributed by atoms with E-state index in [9.17, 15) is 0 Å². The molecule has 48 heavy (non-hydrogen) atoms. The van der Waals surface area contributed by atoms with E-state index in [0.717, 1.165) is 66.4 Å². The maximum Gasteiger partial charge on any atom is 0.125 e. The highest BCUT2D eigenvalue weighted by molar-refractivity contribution is 6.20. The number of para-hydroxylation sites is 2. The van der Waals surface area contributed by atoms with E-state index >= 15 is 13.2 Å². The highest BCUT2D eigenvalue weighted by Gasteiger charge is 2.25. The van der Waals surface area contributed by atoms with Crippen molar-refractivity contribution in [2.24, 2.45) is 0 Å². The molecule has 9 rings (SSSR count). The van der Waals surface area contributed by atoms with E-state index in [-0.39, 0.29) is 11.6 Å². The van der Waals surface area contributed by atoms with Crippen LogP contribution >= 0.6 is 0 Å². The predicted octanol–water partition coefficient (Wildman–Crippen LogP) is 11.8. The molecule has 0 aliphatic heterocycles.